The van der Waals surface area contributed by atoms with E-state index in [2.05, 4.69) is 5.32 Å². The minimum Gasteiger partial charge on any atom is -0.317 e. The van der Waals surface area contributed by atoms with E-state index in [0.29, 0.717) is 0 Å². The van der Waals surface area contributed by atoms with E-state index in [4.69, 9.17) is 4.11 Å². The largest absolute Gasteiger partial charge is 0.317 e. The smallest absolute Gasteiger partial charge is 0.0391 e. The molecule has 0 aliphatic heterocycles. The van der Waals surface area contributed by atoms with Gasteiger partial charge < -0.3 is 5.32 Å². The third kappa shape index (κ3) is 2.72. The summed E-state index contributed by atoms with van der Waals surface area (Å²) >= 11 is 0. The summed E-state index contributed by atoms with van der Waals surface area (Å²) in [5, 5.41) is 2.57. The van der Waals surface area contributed by atoms with Crippen LogP contribution in [0.5, 0.6) is 0 Å². The molecule has 1 heteroatoms. The number of likely N-dealkylation sites (N-methyl/N-ethyl adjacent to an activating group) is 1. The lowest BCUT2D eigenvalue weighted by Crippen LogP contribution is -2.23. The maximum Gasteiger partial charge on any atom is 0.0391 e. The van der Waals surface area contributed by atoms with Gasteiger partial charge in [0.05, 0.1) is 0 Å². The highest BCUT2D eigenvalue weighted by Crippen LogP contribution is 2.01. The van der Waals surface area contributed by atoms with Gasteiger partial charge in [0.2, 0.25) is 0 Å². The minimum absolute atomic E-state index is 0.0371. The third-order valence-corrected chi connectivity index (χ3v) is 1.63. The van der Waals surface area contributed by atoms with E-state index in [9.17, 15) is 0 Å². The lowest BCUT2D eigenvalue weighted by Gasteiger charge is -2.08. The predicted octanol–water partition coefficient (Wildman–Crippen LogP) is 1.84. The predicted molar refractivity (Wildman–Crippen MR) is 48.7 cm³/mol. The lowest BCUT2D eigenvalue weighted by atomic mass is 10.1. The van der Waals surface area contributed by atoms with Crippen LogP contribution in [0.3, 0.4) is 0 Å². The van der Waals surface area contributed by atoms with Crippen molar-refractivity contribution in [3.05, 3.63) is 35.9 Å². The van der Waals surface area contributed by atoms with Crippen LogP contribution in [0.15, 0.2) is 30.3 Å². The molecule has 0 aromatic heterocycles. The molecule has 1 aromatic carbocycles. The molecule has 60 valence electrons. The van der Waals surface area contributed by atoms with Crippen LogP contribution in [-0.2, 0) is 6.42 Å². The van der Waals surface area contributed by atoms with Gasteiger partial charge in [0, 0.05) is 10.2 Å². The van der Waals surface area contributed by atoms with Crippen LogP contribution in [0.25, 0.3) is 0 Å². The quantitative estimate of drug-likeness (QED) is 0.653. The highest BCUT2D eigenvalue weighted by molar-refractivity contribution is 5.15. The number of hydrogen-bond donors (Lipinski definition) is 1. The van der Waals surface area contributed by atoms with Crippen molar-refractivity contribution in [3.63, 3.8) is 0 Å². The van der Waals surface area contributed by atoms with Crippen molar-refractivity contribution < 1.29 is 4.11 Å². The zero-order chi connectivity index (χ0) is 10.6. The molecule has 0 amide bonds. The van der Waals surface area contributed by atoms with E-state index in [1.54, 1.807) is 0 Å². The average molecular weight is 153 g/mol. The molecule has 0 bridgehead atoms. The van der Waals surface area contributed by atoms with Crippen LogP contribution in [0.1, 0.15) is 16.6 Å². The highest BCUT2D eigenvalue weighted by Gasteiger charge is 1.97. The Bertz CT molecular complexity index is 268. The fourth-order valence-electron chi connectivity index (χ4n) is 1.02. The summed E-state index contributed by atoms with van der Waals surface area (Å²) in [5.41, 5.74) is 1.15. The highest BCUT2D eigenvalue weighted by atomic mass is 15.0. The summed E-state index contributed by atoms with van der Waals surface area (Å²) in [4.78, 5) is 0. The Kier molecular flexibility index (Phi) is 1.86. The molecule has 0 aliphatic carbocycles. The SMILES string of the molecule is [2H][13C]([2H])([2H])N[C@@H](C)Cc1ccccc1. The molecular formula is C10H15N. The van der Waals surface area contributed by atoms with Crippen LogP contribution >= 0.6 is 0 Å². The molecule has 0 unspecified atom stereocenters. The second kappa shape index (κ2) is 4.14. The zero-order valence-electron chi connectivity index (χ0n) is 9.67. The molecule has 0 saturated heterocycles. The molecule has 0 fully saturated rings. The van der Waals surface area contributed by atoms with Gasteiger partial charge >= 0.3 is 0 Å². The number of rotatable bonds is 3. The summed E-state index contributed by atoms with van der Waals surface area (Å²) in [5.74, 6) is 0. The van der Waals surface area contributed by atoms with E-state index in [1.807, 2.05) is 37.3 Å². The Balaban J connectivity index is 2.46. The molecule has 11 heavy (non-hydrogen) atoms. The lowest BCUT2D eigenvalue weighted by molar-refractivity contribution is 0.608. The second-order valence-electron chi connectivity index (χ2n) is 2.74. The summed E-state index contributed by atoms with van der Waals surface area (Å²) in [6.07, 6.45) is 0.735. The molecule has 0 radical (unpaired) electrons. The first-order chi connectivity index (χ1) is 6.47. The van der Waals surface area contributed by atoms with Crippen LogP contribution in [-0.4, -0.2) is 13.0 Å². The van der Waals surface area contributed by atoms with Gasteiger partial charge in [0.15, 0.2) is 0 Å². The molecule has 1 atom stereocenters. The normalized spacial score (nSPS) is 18.1. The van der Waals surface area contributed by atoms with Crippen molar-refractivity contribution >= 4 is 0 Å². The van der Waals surface area contributed by atoms with Crippen LogP contribution in [0.2, 0.25) is 0 Å². The van der Waals surface area contributed by atoms with Crippen molar-refractivity contribution in [1.29, 1.82) is 0 Å². The van der Waals surface area contributed by atoms with Gasteiger partial charge in [-0.15, -0.1) is 0 Å². The van der Waals surface area contributed by atoms with Crippen molar-refractivity contribution in [2.24, 2.45) is 0 Å². The van der Waals surface area contributed by atoms with Crippen LogP contribution in [0, 0.1) is 0 Å². The molecule has 1 nitrogen and oxygen atoms in total. The maximum absolute atomic E-state index is 7.05. The molecule has 0 saturated carbocycles. The summed E-state index contributed by atoms with van der Waals surface area (Å²) in [6, 6.07) is 9.82. The maximum atomic E-state index is 7.05. The third-order valence-electron chi connectivity index (χ3n) is 1.63. The first kappa shape index (κ1) is 4.94. The average Bonchev–Trinajstić information content (AvgIpc) is 2.02. The van der Waals surface area contributed by atoms with Crippen molar-refractivity contribution in [3.8, 4) is 0 Å². The number of hydrogen-bond acceptors (Lipinski definition) is 1. The van der Waals surface area contributed by atoms with Gasteiger partial charge in [-0.05, 0) is 25.9 Å². The van der Waals surface area contributed by atoms with E-state index in [1.165, 1.54) is 0 Å². The molecule has 0 aliphatic rings. The molecule has 0 spiro atoms. The molecule has 0 heterocycles. The van der Waals surface area contributed by atoms with E-state index in [0.717, 1.165) is 12.0 Å². The summed E-state index contributed by atoms with van der Waals surface area (Å²) < 4.78 is 21.2. The molecule has 1 rings (SSSR count). The zero-order valence-corrected chi connectivity index (χ0v) is 6.67. The molecular weight excluding hydrogens is 135 g/mol. The molecule has 1 aromatic rings. The summed E-state index contributed by atoms with van der Waals surface area (Å²) in [6.45, 7) is -0.173. The van der Waals surface area contributed by atoms with E-state index < -0.39 is 6.98 Å². The minimum atomic E-state index is -2.05. The fraction of sp³-hybridized carbons (Fsp3) is 0.400. The van der Waals surface area contributed by atoms with Crippen LogP contribution in [0.4, 0.5) is 0 Å². The second-order valence-corrected chi connectivity index (χ2v) is 2.74. The van der Waals surface area contributed by atoms with Crippen LogP contribution < -0.4 is 5.32 Å². The van der Waals surface area contributed by atoms with Crippen molar-refractivity contribution in [2.45, 2.75) is 19.4 Å². The van der Waals surface area contributed by atoms with E-state index in [-0.39, 0.29) is 6.04 Å². The topological polar surface area (TPSA) is 12.0 Å². The standard InChI is InChI=1S/C10H15N/c1-9(11-2)8-10-6-4-3-5-7-10/h3-7,9,11H,8H2,1-2H3/t9-/m0/s1/i2+1D3. The first-order valence-corrected chi connectivity index (χ1v) is 3.79. The van der Waals surface area contributed by atoms with Gasteiger partial charge in [-0.25, -0.2) is 0 Å². The van der Waals surface area contributed by atoms with E-state index >= 15 is 0 Å². The Labute approximate surface area is 72.7 Å². The Morgan fingerprint density at radius 2 is 2.18 bits per heavy atom. The summed E-state index contributed by atoms with van der Waals surface area (Å²) in [7, 11) is 0. The Morgan fingerprint density at radius 1 is 1.45 bits per heavy atom. The monoisotopic (exact) mass is 153 g/mol. The number of benzene rings is 1. The first-order valence-electron chi connectivity index (χ1n) is 5.29. The van der Waals surface area contributed by atoms with Gasteiger partial charge in [-0.1, -0.05) is 30.3 Å². The number of nitrogens with one attached hydrogen (secondary N) is 1. The Hall–Kier alpha value is -0.820. The Morgan fingerprint density at radius 3 is 2.82 bits per heavy atom. The van der Waals surface area contributed by atoms with Gasteiger partial charge in [0.25, 0.3) is 0 Å². The van der Waals surface area contributed by atoms with Crippen molar-refractivity contribution in [1.82, 2.24) is 5.32 Å². The fourth-order valence-corrected chi connectivity index (χ4v) is 1.02. The van der Waals surface area contributed by atoms with Gasteiger partial charge in [-0.2, -0.15) is 0 Å². The van der Waals surface area contributed by atoms with Gasteiger partial charge in [0.1, 0.15) is 0 Å². The van der Waals surface area contributed by atoms with Gasteiger partial charge in [-0.3, -0.25) is 0 Å². The molecule has 1 N–H and O–H groups in total. The van der Waals surface area contributed by atoms with Crippen molar-refractivity contribution in [2.75, 3.05) is 6.98 Å².